The molecule has 0 spiro atoms. The number of nitrogens with one attached hydrogen (secondary N) is 7. The molecule has 4 aromatic heterocycles. The van der Waals surface area contributed by atoms with E-state index in [-0.39, 0.29) is 19.6 Å². The number of aromatic amines is 4. The third kappa shape index (κ3) is 23.2. The van der Waals surface area contributed by atoms with Crippen molar-refractivity contribution in [3.05, 3.63) is 249 Å². The zero-order valence-electron chi connectivity index (χ0n) is 69.3. The lowest BCUT2D eigenvalue weighted by atomic mass is 9.75. The molecule has 0 radical (unpaired) electrons. The van der Waals surface area contributed by atoms with Crippen LogP contribution in [0.4, 0.5) is 39.5 Å². The first-order valence-corrected chi connectivity index (χ1v) is 43.4. The molecular weight excluding hydrogens is 1810 g/mol. The van der Waals surface area contributed by atoms with Gasteiger partial charge < -0.3 is 48.5 Å². The first kappa shape index (κ1) is 98.9. The number of morpholine rings is 4. The zero-order chi connectivity index (χ0) is 94.6. The highest BCUT2D eigenvalue weighted by atomic mass is 31.2. The third-order valence-corrected chi connectivity index (χ3v) is 27.9. The van der Waals surface area contributed by atoms with Gasteiger partial charge in [-0.3, -0.25) is 90.4 Å². The Balaban J connectivity index is 0.981. The minimum Gasteiger partial charge on any atom is -0.352 e. The number of carbonyl (C=O) groups is 3. The van der Waals surface area contributed by atoms with Crippen molar-refractivity contribution >= 4 is 40.7 Å². The summed E-state index contributed by atoms with van der Waals surface area (Å²) in [6.07, 6.45) is -24.4. The number of H-pyrrole nitrogens is 4. The van der Waals surface area contributed by atoms with Crippen molar-refractivity contribution in [1.29, 1.82) is 0 Å². The first-order chi connectivity index (χ1) is 61.4. The van der Waals surface area contributed by atoms with Gasteiger partial charge >= 0.3 is 82.0 Å². The Kier molecular flexibility index (Phi) is 31.6. The van der Waals surface area contributed by atoms with Crippen molar-refractivity contribution in [2.45, 2.75) is 73.4 Å². The van der Waals surface area contributed by atoms with Crippen molar-refractivity contribution in [2.75, 3.05) is 141 Å². The number of halogens is 9. The molecule has 130 heavy (non-hydrogen) atoms. The Morgan fingerprint density at radius 2 is 0.746 bits per heavy atom. The number of benzene rings is 3. The number of nitrogens with zero attached hydrogens (tertiary/aromatic N) is 14. The van der Waals surface area contributed by atoms with Crippen LogP contribution in [0, 0.1) is 35.5 Å². The predicted molar refractivity (Wildman–Crippen MR) is 440 cm³/mol. The normalized spacial score (nSPS) is 21.2. The summed E-state index contributed by atoms with van der Waals surface area (Å²) in [5, 5.41) is 8.20. The van der Waals surface area contributed by atoms with Crippen molar-refractivity contribution in [3.8, 4) is 35.5 Å². The van der Waals surface area contributed by atoms with E-state index < -0.39 is 255 Å². The largest absolute Gasteiger partial charge is 0.471 e. The number of azide groups is 1. The fourth-order valence-corrected chi connectivity index (χ4v) is 20.3. The molecule has 696 valence electrons. The molecule has 54 heteroatoms. The molecule has 7 aromatic rings. The molecule has 4 saturated heterocycles. The average molecular weight is 1890 g/mol. The molecular formula is C76H83F9N21O21P3. The Hall–Kier alpha value is -11.7. The summed E-state index contributed by atoms with van der Waals surface area (Å²) in [5.41, 5.74) is -0.696. The van der Waals surface area contributed by atoms with E-state index in [1.165, 1.54) is 62.3 Å². The van der Waals surface area contributed by atoms with Crippen LogP contribution in [0.25, 0.3) is 10.4 Å². The van der Waals surface area contributed by atoms with Crippen LogP contribution in [0.3, 0.4) is 0 Å². The van der Waals surface area contributed by atoms with E-state index in [0.29, 0.717) is 16.7 Å². The molecule has 3 amide bonds. The Bertz CT molecular complexity index is 6160. The Morgan fingerprint density at radius 1 is 0.446 bits per heavy atom. The van der Waals surface area contributed by atoms with Crippen LogP contribution in [0.1, 0.15) is 58.3 Å². The monoisotopic (exact) mass is 1890 g/mol. The highest BCUT2D eigenvalue weighted by Gasteiger charge is 2.52. The van der Waals surface area contributed by atoms with Gasteiger partial charge in [-0.15, -0.1) is 0 Å². The maximum Gasteiger partial charge on any atom is 0.471 e. The predicted octanol–water partition coefficient (Wildman–Crippen LogP) is 2.44. The van der Waals surface area contributed by atoms with Gasteiger partial charge in [-0.25, -0.2) is 47.2 Å². The van der Waals surface area contributed by atoms with E-state index in [4.69, 9.17) is 32.5 Å². The molecule has 0 bridgehead atoms. The quantitative estimate of drug-likeness (QED) is 0.00704. The Morgan fingerprint density at radius 3 is 1.06 bits per heavy atom. The lowest BCUT2D eigenvalue weighted by molar-refractivity contribution is -0.173. The number of amides is 3. The number of rotatable bonds is 28. The molecule has 4 fully saturated rings. The van der Waals surface area contributed by atoms with E-state index in [2.05, 4.69) is 55.5 Å². The fraction of sp³-hybridized carbons (Fsp3) is 0.434. The second-order valence-corrected chi connectivity index (χ2v) is 37.4. The minimum absolute atomic E-state index is 0.200. The number of hydrogen-bond donors (Lipinski definition) is 7. The van der Waals surface area contributed by atoms with Crippen LogP contribution >= 0.6 is 23.0 Å². The van der Waals surface area contributed by atoms with Gasteiger partial charge in [0.15, 0.2) is 24.9 Å². The van der Waals surface area contributed by atoms with E-state index in [0.717, 1.165) is 67.8 Å². The highest BCUT2D eigenvalue weighted by Crippen LogP contribution is 2.59. The summed E-state index contributed by atoms with van der Waals surface area (Å²) < 4.78 is 224. The number of alkyl halides is 9. The van der Waals surface area contributed by atoms with Gasteiger partial charge in [0.25, 0.3) is 22.2 Å². The molecule has 3 unspecified atom stereocenters. The standard InChI is InChI=1S/C76H83F9N21O21P3/c1-96(2)128(118,100-38-54(33-90-95-86)124-60(42-100)103-32-28-58(107)91-69(103)114)122-46-56-40-102(44-62(126-56)106-36-50(65(110)94-72(106)117)21-18-31-89-68(113)76(83,84)85)130(120,98(5)6)123-47-57-39-101(43-61(127-57)105-35-49(64(109)93-71(105)116)20-17-30-88-67(112)75(80,81)82)129(119,97(3)4)121-45-55-37-99(73(51-22-10-7-11-23-51,52-24-12-8-13-25-52)53-26-14-9-15-27-53)41-59(125-55)104-34-48(63(108)92-70(104)115)19-16-29-87-66(111)74(77,78)79/h7-15,22-28,32,34-36,54-57,59-62H,29-31,33,37-47H2,1-6H3,(H,87,111)(H,88,112)(H,89,113)(H,91,107,114)(H,92,108,115)(H,93,109,116)(H,94,110,117)/t54-,55+,56+,57+,59-,60-,61-,62-,128?,129?,130?/m1/s1. The van der Waals surface area contributed by atoms with Crippen molar-refractivity contribution < 1.29 is 100 Å². The average Bonchev–Trinajstić information content (AvgIpc) is 0.733. The lowest BCUT2D eigenvalue weighted by Crippen LogP contribution is -2.58. The van der Waals surface area contributed by atoms with Crippen molar-refractivity contribution in [2.24, 2.45) is 5.11 Å². The van der Waals surface area contributed by atoms with Gasteiger partial charge in [0.05, 0.1) is 95.6 Å². The number of aromatic nitrogens is 8. The molecule has 8 heterocycles. The summed E-state index contributed by atoms with van der Waals surface area (Å²) in [7, 11) is -6.40. The van der Waals surface area contributed by atoms with Gasteiger partial charge in [-0.2, -0.15) is 39.5 Å². The van der Waals surface area contributed by atoms with Crippen molar-refractivity contribution in [3.63, 3.8) is 0 Å². The molecule has 0 aliphatic carbocycles. The van der Waals surface area contributed by atoms with Gasteiger partial charge in [-0.05, 0) is 64.5 Å². The van der Waals surface area contributed by atoms with Crippen LogP contribution in [0.2, 0.25) is 0 Å². The van der Waals surface area contributed by atoms with E-state index >= 15 is 13.7 Å². The second kappa shape index (κ2) is 41.6. The maximum atomic E-state index is 16.7. The first-order valence-electron chi connectivity index (χ1n) is 38.8. The highest BCUT2D eigenvalue weighted by molar-refractivity contribution is 7.54. The summed E-state index contributed by atoms with van der Waals surface area (Å²) in [6.45, 7) is -9.60. The Labute approximate surface area is 728 Å². The smallest absolute Gasteiger partial charge is 0.352 e. The number of hydrogen-bond acceptors (Lipinski definition) is 23. The van der Waals surface area contributed by atoms with Crippen LogP contribution < -0.4 is 60.9 Å². The molecule has 3 aromatic carbocycles. The van der Waals surface area contributed by atoms with Crippen molar-refractivity contribution in [1.82, 2.24) is 87.1 Å². The second-order valence-electron chi connectivity index (χ2n) is 29.6. The lowest BCUT2D eigenvalue weighted by Gasteiger charge is -2.51. The molecule has 4 aliphatic heterocycles. The third-order valence-electron chi connectivity index (χ3n) is 20.3. The summed E-state index contributed by atoms with van der Waals surface area (Å²) in [6, 6.07) is 28.1. The van der Waals surface area contributed by atoms with Gasteiger partial charge in [-0.1, -0.05) is 132 Å². The fourth-order valence-electron chi connectivity index (χ4n) is 14.3. The van der Waals surface area contributed by atoms with Gasteiger partial charge in [0, 0.05) is 68.5 Å². The molecule has 11 atom stereocenters. The minimum atomic E-state index is -5.35. The molecule has 4 aliphatic rings. The molecule has 0 saturated carbocycles. The summed E-state index contributed by atoms with van der Waals surface area (Å²) in [4.78, 5) is 157. The number of carbonyl (C=O) groups excluding carboxylic acids is 3. The van der Waals surface area contributed by atoms with E-state index in [1.807, 2.05) is 51.3 Å². The molecule has 7 N–H and O–H groups in total. The SMILES string of the molecule is CN(C)P(=O)(OC[C@@H]1CN(P(=O)(OC[C@@H]2CN(P(=O)(OC[C@@H]3CN(C(c4ccccc4)(c4ccccc4)c4ccccc4)C[C@H](n4cc(C#CCNC(=O)C(F)(F)F)c(=O)[nH]c4=O)O3)N(C)C)C[C@H](n3cc(C#CCNC(=O)C(F)(F)F)c(=O)[nH]c3=O)O2)N(C)C)C[C@H](n2cc(C#CCNC(=O)C(F)(F)F)c(=O)[nH]c2=O)O1)N1C[C@@H](CN=[N+]=[N-])O[C@@H](n2ccc(=O)[nH]c2=O)C1. The summed E-state index contributed by atoms with van der Waals surface area (Å²) in [5.74, 6) is 6.50. The summed E-state index contributed by atoms with van der Waals surface area (Å²) >= 11 is 0. The van der Waals surface area contributed by atoms with Crippen LogP contribution in [-0.2, 0) is 66.1 Å². The topological polar surface area (TPSA) is 494 Å². The number of ether oxygens (including phenoxy) is 4. The van der Waals surface area contributed by atoms with Gasteiger partial charge in [0.2, 0.25) is 0 Å². The van der Waals surface area contributed by atoms with Crippen LogP contribution in [-0.4, -0.2) is 272 Å². The van der Waals surface area contributed by atoms with Crippen LogP contribution in [0.5, 0.6) is 0 Å². The van der Waals surface area contributed by atoms with Gasteiger partial charge in [0.1, 0.15) is 16.7 Å². The zero-order valence-corrected chi connectivity index (χ0v) is 72.0. The van der Waals surface area contributed by atoms with E-state index in [9.17, 15) is 97.8 Å². The molecule has 42 nitrogen and oxygen atoms in total. The maximum absolute atomic E-state index is 16.7. The van der Waals surface area contributed by atoms with Crippen LogP contribution in [0.15, 0.2) is 165 Å². The molecule has 11 rings (SSSR count). The van der Waals surface area contributed by atoms with E-state index in [1.54, 1.807) is 59.9 Å².